The Morgan fingerprint density at radius 1 is 0.933 bits per heavy atom. The van der Waals surface area contributed by atoms with Gasteiger partial charge in [-0.1, -0.05) is 27.7 Å². The summed E-state index contributed by atoms with van der Waals surface area (Å²) in [4.78, 5) is 5.15. The zero-order valence-corrected chi connectivity index (χ0v) is 11.7. The molecule has 0 aromatic rings. The number of rotatable bonds is 1. The SMILES string of the molecule is CC.CC.CC(C)N1CC2CC1CN2C. The van der Waals surface area contributed by atoms with Gasteiger partial charge in [0.15, 0.2) is 0 Å². The molecule has 0 saturated carbocycles. The monoisotopic (exact) mass is 214 g/mol. The number of likely N-dealkylation sites (N-methyl/N-ethyl adjacent to an activating group) is 1. The predicted molar refractivity (Wildman–Crippen MR) is 69.4 cm³/mol. The van der Waals surface area contributed by atoms with Crippen LogP contribution in [-0.4, -0.2) is 48.1 Å². The summed E-state index contributed by atoms with van der Waals surface area (Å²) in [5.41, 5.74) is 0. The maximum absolute atomic E-state index is 2.64. The van der Waals surface area contributed by atoms with Gasteiger partial charge in [0.25, 0.3) is 0 Å². The van der Waals surface area contributed by atoms with E-state index in [1.165, 1.54) is 19.5 Å². The quantitative estimate of drug-likeness (QED) is 0.662. The minimum atomic E-state index is 0.749. The van der Waals surface area contributed by atoms with Gasteiger partial charge in [-0.2, -0.15) is 0 Å². The fraction of sp³-hybridized carbons (Fsp3) is 1.00. The van der Waals surface area contributed by atoms with Crippen LogP contribution in [0.1, 0.15) is 48.0 Å². The minimum absolute atomic E-state index is 0.749. The first-order valence-electron chi connectivity index (χ1n) is 6.64. The van der Waals surface area contributed by atoms with Crippen molar-refractivity contribution >= 4 is 0 Å². The van der Waals surface area contributed by atoms with E-state index in [4.69, 9.17) is 0 Å². The highest BCUT2D eigenvalue weighted by atomic mass is 15.3. The van der Waals surface area contributed by atoms with Crippen molar-refractivity contribution in [1.82, 2.24) is 9.80 Å². The number of likely N-dealkylation sites (tertiary alicyclic amines) is 2. The fourth-order valence-electron chi connectivity index (χ4n) is 2.53. The molecular formula is C13H30N2. The van der Waals surface area contributed by atoms with Gasteiger partial charge in [-0.05, 0) is 27.3 Å². The van der Waals surface area contributed by atoms with Crippen molar-refractivity contribution in [2.75, 3.05) is 20.1 Å². The van der Waals surface area contributed by atoms with Crippen molar-refractivity contribution in [2.24, 2.45) is 0 Å². The van der Waals surface area contributed by atoms with Crippen molar-refractivity contribution < 1.29 is 0 Å². The molecule has 2 nitrogen and oxygen atoms in total. The number of nitrogens with zero attached hydrogens (tertiary/aromatic N) is 2. The van der Waals surface area contributed by atoms with Crippen LogP contribution >= 0.6 is 0 Å². The summed E-state index contributed by atoms with van der Waals surface area (Å²) in [6, 6.07) is 2.48. The molecule has 0 spiro atoms. The van der Waals surface area contributed by atoms with Crippen molar-refractivity contribution in [3.05, 3.63) is 0 Å². The summed E-state index contributed by atoms with van der Waals surface area (Å²) >= 11 is 0. The summed E-state index contributed by atoms with van der Waals surface area (Å²) in [5, 5.41) is 0. The van der Waals surface area contributed by atoms with Gasteiger partial charge >= 0.3 is 0 Å². The number of fused-ring (bicyclic) bond motifs is 2. The van der Waals surface area contributed by atoms with Crippen molar-refractivity contribution in [3.63, 3.8) is 0 Å². The largest absolute Gasteiger partial charge is 0.301 e. The van der Waals surface area contributed by atoms with Crippen molar-refractivity contribution in [1.29, 1.82) is 0 Å². The lowest BCUT2D eigenvalue weighted by molar-refractivity contribution is 0.121. The van der Waals surface area contributed by atoms with E-state index in [9.17, 15) is 0 Å². The second kappa shape index (κ2) is 7.24. The van der Waals surface area contributed by atoms with Gasteiger partial charge in [0.05, 0.1) is 0 Å². The smallest absolute Gasteiger partial charge is 0.0241 e. The Hall–Kier alpha value is -0.0800. The highest BCUT2D eigenvalue weighted by molar-refractivity contribution is 4.99. The Morgan fingerprint density at radius 2 is 1.47 bits per heavy atom. The molecule has 2 heteroatoms. The van der Waals surface area contributed by atoms with Crippen molar-refractivity contribution in [3.8, 4) is 0 Å². The number of hydrogen-bond acceptors (Lipinski definition) is 2. The Labute approximate surface area is 96.6 Å². The second-order valence-electron chi connectivity index (χ2n) is 4.27. The topological polar surface area (TPSA) is 6.48 Å². The van der Waals surface area contributed by atoms with Crippen LogP contribution < -0.4 is 0 Å². The summed E-state index contributed by atoms with van der Waals surface area (Å²) in [7, 11) is 2.25. The van der Waals surface area contributed by atoms with Crippen LogP contribution in [0, 0.1) is 0 Å². The molecule has 2 fully saturated rings. The molecule has 0 radical (unpaired) electrons. The lowest BCUT2D eigenvalue weighted by Crippen LogP contribution is -2.47. The first-order chi connectivity index (χ1) is 7.18. The maximum Gasteiger partial charge on any atom is 0.0241 e. The van der Waals surface area contributed by atoms with Crippen molar-refractivity contribution in [2.45, 2.75) is 66.1 Å². The standard InChI is InChI=1S/C9H18N2.2C2H6/c1-7(2)11-6-8-4-9(11)5-10(8)3;2*1-2/h7-9H,4-6H2,1-3H3;2*1-2H3. The molecule has 2 aliphatic heterocycles. The summed E-state index contributed by atoms with van der Waals surface area (Å²) in [6.45, 7) is 15.2. The summed E-state index contributed by atoms with van der Waals surface area (Å²) in [6.07, 6.45) is 1.41. The fourth-order valence-corrected chi connectivity index (χ4v) is 2.53. The predicted octanol–water partition coefficient (Wildman–Crippen LogP) is 2.84. The zero-order valence-electron chi connectivity index (χ0n) is 11.7. The van der Waals surface area contributed by atoms with E-state index < -0.39 is 0 Å². The number of piperazine rings is 1. The molecular weight excluding hydrogens is 184 g/mol. The van der Waals surface area contributed by atoms with E-state index in [0.717, 1.165) is 18.1 Å². The molecule has 2 atom stereocenters. The van der Waals surface area contributed by atoms with Crippen LogP contribution in [0.4, 0.5) is 0 Å². The minimum Gasteiger partial charge on any atom is -0.301 e. The Balaban J connectivity index is 0.000000442. The summed E-state index contributed by atoms with van der Waals surface area (Å²) in [5.74, 6) is 0. The van der Waals surface area contributed by atoms with E-state index >= 15 is 0 Å². The molecule has 0 aromatic heterocycles. The van der Waals surface area contributed by atoms with Gasteiger partial charge in [0.2, 0.25) is 0 Å². The van der Waals surface area contributed by atoms with E-state index in [2.05, 4.69) is 30.7 Å². The molecule has 15 heavy (non-hydrogen) atoms. The molecule has 2 rings (SSSR count). The highest BCUT2D eigenvalue weighted by Gasteiger charge is 2.41. The normalized spacial score (nSPS) is 29.6. The van der Waals surface area contributed by atoms with E-state index in [0.29, 0.717) is 0 Å². The van der Waals surface area contributed by atoms with Crippen LogP contribution in [-0.2, 0) is 0 Å². The van der Waals surface area contributed by atoms with Gasteiger partial charge in [0.1, 0.15) is 0 Å². The van der Waals surface area contributed by atoms with Gasteiger partial charge in [0, 0.05) is 31.2 Å². The Bertz CT molecular complexity index is 155. The molecule has 2 bridgehead atoms. The van der Waals surface area contributed by atoms with Gasteiger partial charge < -0.3 is 4.90 Å². The molecule has 0 aromatic carbocycles. The molecule has 2 aliphatic rings. The van der Waals surface area contributed by atoms with Gasteiger partial charge in [-0.25, -0.2) is 0 Å². The third kappa shape index (κ3) is 3.46. The van der Waals surface area contributed by atoms with Crippen LogP contribution in [0.5, 0.6) is 0 Å². The average molecular weight is 214 g/mol. The second-order valence-corrected chi connectivity index (χ2v) is 4.27. The lowest BCUT2D eigenvalue weighted by Gasteiger charge is -2.34. The van der Waals surface area contributed by atoms with Gasteiger partial charge in [-0.15, -0.1) is 0 Å². The first-order valence-corrected chi connectivity index (χ1v) is 6.64. The zero-order chi connectivity index (χ0) is 12.0. The molecule has 0 amide bonds. The van der Waals surface area contributed by atoms with Crippen LogP contribution in [0.3, 0.4) is 0 Å². The van der Waals surface area contributed by atoms with Crippen LogP contribution in [0.2, 0.25) is 0 Å². The third-order valence-electron chi connectivity index (χ3n) is 3.22. The average Bonchev–Trinajstić information content (AvgIpc) is 2.82. The van der Waals surface area contributed by atoms with E-state index in [1.807, 2.05) is 27.7 Å². The molecule has 2 saturated heterocycles. The lowest BCUT2D eigenvalue weighted by atomic mass is 10.2. The molecule has 0 N–H and O–H groups in total. The van der Waals surface area contributed by atoms with Crippen LogP contribution in [0.15, 0.2) is 0 Å². The first kappa shape index (κ1) is 14.9. The maximum atomic E-state index is 2.64. The Kier molecular flexibility index (Phi) is 7.20. The molecule has 0 aliphatic carbocycles. The molecule has 2 unspecified atom stereocenters. The third-order valence-corrected chi connectivity index (χ3v) is 3.22. The molecule has 92 valence electrons. The van der Waals surface area contributed by atoms with E-state index in [-0.39, 0.29) is 0 Å². The highest BCUT2D eigenvalue weighted by Crippen LogP contribution is 2.30. The molecule has 2 heterocycles. The number of hydrogen-bond donors (Lipinski definition) is 0. The van der Waals surface area contributed by atoms with E-state index in [1.54, 1.807) is 0 Å². The van der Waals surface area contributed by atoms with Gasteiger partial charge in [-0.3, -0.25) is 4.90 Å². The Morgan fingerprint density at radius 3 is 1.73 bits per heavy atom. The summed E-state index contributed by atoms with van der Waals surface area (Å²) < 4.78 is 0. The van der Waals surface area contributed by atoms with Crippen LogP contribution in [0.25, 0.3) is 0 Å².